The van der Waals surface area contributed by atoms with Crippen molar-refractivity contribution in [3.63, 3.8) is 0 Å². The monoisotopic (exact) mass is 476 g/mol. The quantitative estimate of drug-likeness (QED) is 0.470. The van der Waals surface area contributed by atoms with Gasteiger partial charge in [0.05, 0.1) is 17.2 Å². The third kappa shape index (κ3) is 4.96. The molecule has 0 atom stereocenters. The summed E-state index contributed by atoms with van der Waals surface area (Å²) in [5.41, 5.74) is -0.551. The number of halogens is 3. The first-order valence-electron chi connectivity index (χ1n) is 11.1. The van der Waals surface area contributed by atoms with Gasteiger partial charge in [-0.1, -0.05) is 17.7 Å². The Kier molecular flexibility index (Phi) is 7.14. The van der Waals surface area contributed by atoms with Crippen LogP contribution in [0.15, 0.2) is 24.3 Å². The van der Waals surface area contributed by atoms with Crippen LogP contribution in [0.25, 0.3) is 22.0 Å². The van der Waals surface area contributed by atoms with Gasteiger partial charge in [0.15, 0.2) is 5.82 Å². The van der Waals surface area contributed by atoms with Crippen molar-refractivity contribution in [1.82, 2.24) is 14.9 Å². The van der Waals surface area contributed by atoms with Crippen molar-refractivity contribution < 1.29 is 18.6 Å². The second kappa shape index (κ2) is 10.1. The minimum absolute atomic E-state index is 0.0183. The highest BCUT2D eigenvalue weighted by molar-refractivity contribution is 6.34. The molecule has 0 aliphatic carbocycles. The van der Waals surface area contributed by atoms with Crippen LogP contribution in [0, 0.1) is 11.6 Å². The molecule has 0 amide bonds. The lowest BCUT2D eigenvalue weighted by Crippen LogP contribution is -2.30. The van der Waals surface area contributed by atoms with E-state index in [-0.39, 0.29) is 27.7 Å². The van der Waals surface area contributed by atoms with Crippen LogP contribution in [0.5, 0.6) is 11.8 Å². The van der Waals surface area contributed by atoms with Crippen LogP contribution in [0.2, 0.25) is 5.02 Å². The number of hydrogen-bond donors (Lipinski definition) is 1. The van der Waals surface area contributed by atoms with E-state index in [4.69, 9.17) is 16.3 Å². The lowest BCUT2D eigenvalue weighted by Gasteiger charge is -2.29. The number of aromatic hydroxyl groups is 1. The molecule has 6 nitrogen and oxygen atoms in total. The summed E-state index contributed by atoms with van der Waals surface area (Å²) >= 11 is 6.44. The number of rotatable bonds is 7. The van der Waals surface area contributed by atoms with Gasteiger partial charge in [0.25, 0.3) is 0 Å². The number of anilines is 1. The number of nitrogens with zero attached hydrogens (tertiary/aromatic N) is 4. The highest BCUT2D eigenvalue weighted by Crippen LogP contribution is 2.42. The van der Waals surface area contributed by atoms with E-state index in [2.05, 4.69) is 14.9 Å². The first-order chi connectivity index (χ1) is 15.9. The van der Waals surface area contributed by atoms with Crippen molar-refractivity contribution in [3.8, 4) is 22.9 Å². The van der Waals surface area contributed by atoms with Gasteiger partial charge in [-0.05, 0) is 58.0 Å². The summed E-state index contributed by atoms with van der Waals surface area (Å²) in [5, 5.41) is 10.6. The number of fused-ring (bicyclic) bond motifs is 1. The van der Waals surface area contributed by atoms with E-state index < -0.39 is 17.4 Å². The zero-order valence-corrected chi connectivity index (χ0v) is 19.5. The van der Waals surface area contributed by atoms with Crippen molar-refractivity contribution in [3.05, 3.63) is 40.9 Å². The third-order valence-corrected chi connectivity index (χ3v) is 6.02. The molecule has 9 heteroatoms. The maximum absolute atomic E-state index is 15.9. The Labute approximate surface area is 196 Å². The predicted octanol–water partition coefficient (Wildman–Crippen LogP) is 5.25. The summed E-state index contributed by atoms with van der Waals surface area (Å²) in [4.78, 5) is 13.0. The van der Waals surface area contributed by atoms with Gasteiger partial charge >= 0.3 is 6.01 Å². The maximum atomic E-state index is 15.9. The molecule has 1 aromatic heterocycles. The molecule has 0 radical (unpaired) electrons. The van der Waals surface area contributed by atoms with E-state index in [9.17, 15) is 9.50 Å². The summed E-state index contributed by atoms with van der Waals surface area (Å²) < 4.78 is 36.2. The Morgan fingerprint density at radius 3 is 2.58 bits per heavy atom. The molecule has 1 saturated heterocycles. The van der Waals surface area contributed by atoms with E-state index in [1.807, 2.05) is 19.0 Å². The molecular formula is C24H27ClF2N4O2. The van der Waals surface area contributed by atoms with Crippen molar-refractivity contribution >= 4 is 28.3 Å². The molecule has 33 heavy (non-hydrogen) atoms. The molecule has 176 valence electrons. The predicted molar refractivity (Wildman–Crippen MR) is 126 cm³/mol. The molecule has 0 spiro atoms. The third-order valence-electron chi connectivity index (χ3n) is 5.72. The summed E-state index contributed by atoms with van der Waals surface area (Å²) in [6, 6.07) is 5.38. The van der Waals surface area contributed by atoms with E-state index in [1.165, 1.54) is 12.1 Å². The molecule has 2 heterocycles. The van der Waals surface area contributed by atoms with Gasteiger partial charge in [-0.25, -0.2) is 8.78 Å². The Morgan fingerprint density at radius 2 is 1.88 bits per heavy atom. The number of benzene rings is 2. The average molecular weight is 477 g/mol. The van der Waals surface area contributed by atoms with Gasteiger partial charge in [0.1, 0.15) is 22.9 Å². The van der Waals surface area contributed by atoms with E-state index in [1.54, 1.807) is 6.07 Å². The molecule has 4 rings (SSSR count). The van der Waals surface area contributed by atoms with Crippen LogP contribution in [-0.2, 0) is 0 Å². The molecular weight excluding hydrogens is 450 g/mol. The van der Waals surface area contributed by atoms with Gasteiger partial charge < -0.3 is 19.6 Å². The molecule has 1 N–H and O–H groups in total. The van der Waals surface area contributed by atoms with Gasteiger partial charge in [0, 0.05) is 30.6 Å². The fourth-order valence-corrected chi connectivity index (χ4v) is 4.39. The number of phenolic OH excluding ortho intramolecular Hbond substituents is 1. The normalized spacial score (nSPS) is 14.3. The van der Waals surface area contributed by atoms with Crippen LogP contribution in [0.1, 0.15) is 25.7 Å². The Bertz CT molecular complexity index is 1130. The average Bonchev–Trinajstić information content (AvgIpc) is 2.79. The lowest BCUT2D eigenvalue weighted by molar-refractivity contribution is 0.264. The van der Waals surface area contributed by atoms with Crippen LogP contribution in [0.3, 0.4) is 0 Å². The zero-order valence-electron chi connectivity index (χ0n) is 18.7. The number of phenols is 1. The fourth-order valence-electron chi connectivity index (χ4n) is 4.10. The largest absolute Gasteiger partial charge is 0.507 e. The minimum Gasteiger partial charge on any atom is -0.507 e. The molecule has 2 aromatic carbocycles. The van der Waals surface area contributed by atoms with Crippen LogP contribution in [-0.4, -0.2) is 60.3 Å². The Morgan fingerprint density at radius 1 is 1.12 bits per heavy atom. The standard InChI is InChI=1S/C24H27ClF2N4O2/c1-30(2)10-7-13-33-24-28-22-15(23(29-24)31-11-4-3-5-12-31)14-16(25)19(21(22)27)20-17(26)8-6-9-18(20)32/h6,8-9,14,32H,3-5,7,10-13H2,1-2H3. The van der Waals surface area contributed by atoms with Crippen molar-refractivity contribution in [2.75, 3.05) is 45.2 Å². The van der Waals surface area contributed by atoms with E-state index in [0.717, 1.165) is 51.4 Å². The molecule has 0 saturated carbocycles. The number of hydrogen-bond acceptors (Lipinski definition) is 6. The summed E-state index contributed by atoms with van der Waals surface area (Å²) in [6.07, 6.45) is 3.88. The molecule has 3 aromatic rings. The molecule has 0 bridgehead atoms. The summed E-state index contributed by atoms with van der Waals surface area (Å²) in [5.74, 6) is -1.45. The van der Waals surface area contributed by atoms with Gasteiger partial charge in [-0.15, -0.1) is 0 Å². The number of ether oxygens (including phenoxy) is 1. The molecule has 0 unspecified atom stereocenters. The fraction of sp³-hybridized carbons (Fsp3) is 0.417. The van der Waals surface area contributed by atoms with Gasteiger partial charge in [-0.2, -0.15) is 9.97 Å². The van der Waals surface area contributed by atoms with Crippen LogP contribution < -0.4 is 9.64 Å². The first-order valence-corrected chi connectivity index (χ1v) is 11.4. The summed E-state index contributed by atoms with van der Waals surface area (Å²) in [7, 11) is 3.94. The second-order valence-electron chi connectivity index (χ2n) is 8.46. The zero-order chi connectivity index (χ0) is 23.5. The SMILES string of the molecule is CN(C)CCCOc1nc(N2CCCCC2)c2cc(Cl)c(-c3c(O)cccc3F)c(F)c2n1. The minimum atomic E-state index is -0.822. The highest BCUT2D eigenvalue weighted by atomic mass is 35.5. The Balaban J connectivity index is 1.85. The van der Waals surface area contributed by atoms with Gasteiger partial charge in [0.2, 0.25) is 0 Å². The molecule has 1 aliphatic rings. The smallest absolute Gasteiger partial charge is 0.319 e. The molecule has 1 fully saturated rings. The van der Waals surface area contributed by atoms with Gasteiger partial charge in [-0.3, -0.25) is 0 Å². The maximum Gasteiger partial charge on any atom is 0.319 e. The van der Waals surface area contributed by atoms with E-state index >= 15 is 4.39 Å². The molecule has 1 aliphatic heterocycles. The number of piperidine rings is 1. The van der Waals surface area contributed by atoms with E-state index in [0.29, 0.717) is 17.8 Å². The van der Waals surface area contributed by atoms with Crippen molar-refractivity contribution in [2.45, 2.75) is 25.7 Å². The Hall–Kier alpha value is -2.71. The summed E-state index contributed by atoms with van der Waals surface area (Å²) in [6.45, 7) is 2.76. The van der Waals surface area contributed by atoms with Crippen molar-refractivity contribution in [2.24, 2.45) is 0 Å². The topological polar surface area (TPSA) is 61.7 Å². The second-order valence-corrected chi connectivity index (χ2v) is 8.87. The number of aromatic nitrogens is 2. The van der Waals surface area contributed by atoms with Crippen molar-refractivity contribution in [1.29, 1.82) is 0 Å². The highest BCUT2D eigenvalue weighted by Gasteiger charge is 2.25. The lowest BCUT2D eigenvalue weighted by atomic mass is 10.0. The van der Waals surface area contributed by atoms with Crippen LogP contribution in [0.4, 0.5) is 14.6 Å². The van der Waals surface area contributed by atoms with Crippen LogP contribution >= 0.6 is 11.6 Å². The first kappa shape index (κ1) is 23.4.